The molecule has 0 aliphatic heterocycles. The Morgan fingerprint density at radius 3 is 1.56 bits per heavy atom. The lowest BCUT2D eigenvalue weighted by atomic mass is 9.88. The van der Waals surface area contributed by atoms with Gasteiger partial charge in [-0.05, 0) is 103 Å². The third-order valence-electron chi connectivity index (χ3n) is 6.97. The first-order valence-electron chi connectivity index (χ1n) is 11.3. The van der Waals surface area contributed by atoms with E-state index in [1.54, 1.807) is 0 Å². The summed E-state index contributed by atoms with van der Waals surface area (Å²) >= 11 is 7.80. The second-order valence-corrected chi connectivity index (χ2v) is 10.3. The Hall–Kier alpha value is -3.20. The molecule has 0 unspecified atom stereocenters. The number of benzene rings is 7. The largest absolute Gasteiger partial charge is 0.0616 e. The van der Waals surface area contributed by atoms with E-state index in [1.165, 1.54) is 65.0 Å². The first-order valence-corrected chi connectivity index (χ1v) is 12.9. The van der Waals surface area contributed by atoms with Crippen molar-refractivity contribution in [3.05, 3.63) is 118 Å². The number of hydrogen-bond acceptors (Lipinski definition) is 0. The summed E-state index contributed by atoms with van der Waals surface area (Å²) in [6.45, 7) is 0. The van der Waals surface area contributed by atoms with Gasteiger partial charge < -0.3 is 0 Å². The molecule has 0 heterocycles. The van der Waals surface area contributed by atoms with Crippen LogP contribution in [0.1, 0.15) is 0 Å². The van der Waals surface area contributed by atoms with Crippen LogP contribution in [0.5, 0.6) is 0 Å². The average Bonchev–Trinajstić information content (AvgIpc) is 2.89. The minimum absolute atomic E-state index is 1.16. The van der Waals surface area contributed by atoms with Gasteiger partial charge in [-0.15, -0.1) is 0 Å². The van der Waals surface area contributed by atoms with E-state index < -0.39 is 0 Å². The number of rotatable bonds is 1. The van der Waals surface area contributed by atoms with E-state index in [0.29, 0.717) is 0 Å². The zero-order chi connectivity index (χ0) is 22.8. The Morgan fingerprint density at radius 1 is 0.353 bits per heavy atom. The van der Waals surface area contributed by atoms with Crippen LogP contribution in [0.15, 0.2) is 118 Å². The lowest BCUT2D eigenvalue weighted by molar-refractivity contribution is 1.70. The molecule has 0 atom stereocenters. The fourth-order valence-electron chi connectivity index (χ4n) is 5.43. The highest BCUT2D eigenvalue weighted by Crippen LogP contribution is 2.45. The Labute approximate surface area is 214 Å². The predicted molar refractivity (Wildman–Crippen MR) is 155 cm³/mol. The second kappa shape index (κ2) is 7.66. The molecule has 34 heavy (non-hydrogen) atoms. The SMILES string of the molecule is Brc1c2ccccc2c(-c2cccc3c2ccc2c(Br)c4ccccc4cc23)c2ccccc12. The second-order valence-electron chi connectivity index (χ2n) is 8.75. The van der Waals surface area contributed by atoms with Crippen LogP contribution in [0, 0.1) is 0 Å². The molecule has 0 saturated carbocycles. The van der Waals surface area contributed by atoms with Gasteiger partial charge in [0.25, 0.3) is 0 Å². The standard InChI is InChI=1S/C32H18Br2/c33-31-20-9-2-1-8-19(20)18-29-21-14-7-15-23(22(21)16-17-28(29)31)30-24-10-3-5-12-26(24)32(34)27-13-6-4-11-25(27)30/h1-18H. The van der Waals surface area contributed by atoms with Crippen LogP contribution < -0.4 is 0 Å². The molecule has 0 nitrogen and oxygen atoms in total. The van der Waals surface area contributed by atoms with Gasteiger partial charge in [0.05, 0.1) is 0 Å². The highest BCUT2D eigenvalue weighted by molar-refractivity contribution is 9.11. The summed E-state index contributed by atoms with van der Waals surface area (Å²) < 4.78 is 2.32. The Kier molecular flexibility index (Phi) is 4.55. The summed E-state index contributed by atoms with van der Waals surface area (Å²) in [6.07, 6.45) is 0. The molecule has 7 aromatic carbocycles. The van der Waals surface area contributed by atoms with E-state index in [4.69, 9.17) is 0 Å². The third kappa shape index (κ3) is 2.82. The molecule has 0 aromatic heterocycles. The van der Waals surface area contributed by atoms with Gasteiger partial charge in [0.2, 0.25) is 0 Å². The summed E-state index contributed by atoms with van der Waals surface area (Å²) in [5, 5.41) is 12.6. The van der Waals surface area contributed by atoms with Crippen LogP contribution in [0.25, 0.3) is 65.0 Å². The molecule has 0 radical (unpaired) electrons. The molecule has 0 aliphatic carbocycles. The fraction of sp³-hybridized carbons (Fsp3) is 0. The summed E-state index contributed by atoms with van der Waals surface area (Å²) in [7, 11) is 0. The minimum Gasteiger partial charge on any atom is -0.0616 e. The maximum Gasteiger partial charge on any atom is 0.0332 e. The average molecular weight is 562 g/mol. The molecule has 0 saturated heterocycles. The van der Waals surface area contributed by atoms with Gasteiger partial charge in [0.15, 0.2) is 0 Å². The Balaban J connectivity index is 1.67. The van der Waals surface area contributed by atoms with Gasteiger partial charge in [0.1, 0.15) is 0 Å². The van der Waals surface area contributed by atoms with E-state index in [1.807, 2.05) is 0 Å². The molecular formula is C32H18Br2. The Bertz CT molecular complexity index is 1880. The van der Waals surface area contributed by atoms with Crippen molar-refractivity contribution in [1.29, 1.82) is 0 Å². The summed E-state index contributed by atoms with van der Waals surface area (Å²) in [5.74, 6) is 0. The smallest absolute Gasteiger partial charge is 0.0332 e. The number of hydrogen-bond donors (Lipinski definition) is 0. The van der Waals surface area contributed by atoms with Crippen molar-refractivity contribution < 1.29 is 0 Å². The van der Waals surface area contributed by atoms with Gasteiger partial charge in [-0.2, -0.15) is 0 Å². The van der Waals surface area contributed by atoms with Crippen molar-refractivity contribution in [2.45, 2.75) is 0 Å². The minimum atomic E-state index is 1.16. The molecule has 0 spiro atoms. The highest BCUT2D eigenvalue weighted by Gasteiger charge is 2.17. The van der Waals surface area contributed by atoms with Crippen molar-refractivity contribution in [2.75, 3.05) is 0 Å². The van der Waals surface area contributed by atoms with Crippen LogP contribution in [0.4, 0.5) is 0 Å². The molecule has 7 rings (SSSR count). The van der Waals surface area contributed by atoms with Crippen molar-refractivity contribution in [1.82, 2.24) is 0 Å². The van der Waals surface area contributed by atoms with E-state index in [9.17, 15) is 0 Å². The maximum absolute atomic E-state index is 3.90. The molecule has 0 bridgehead atoms. The van der Waals surface area contributed by atoms with Crippen LogP contribution in [-0.2, 0) is 0 Å². The molecule has 160 valence electrons. The van der Waals surface area contributed by atoms with Gasteiger partial charge in [-0.1, -0.05) is 103 Å². The lowest BCUT2D eigenvalue weighted by Gasteiger charge is -2.17. The molecule has 0 N–H and O–H groups in total. The third-order valence-corrected chi connectivity index (χ3v) is 8.68. The topological polar surface area (TPSA) is 0 Å². The molecule has 0 aliphatic rings. The van der Waals surface area contributed by atoms with Crippen molar-refractivity contribution in [2.24, 2.45) is 0 Å². The van der Waals surface area contributed by atoms with Gasteiger partial charge >= 0.3 is 0 Å². The molecule has 0 amide bonds. The lowest BCUT2D eigenvalue weighted by Crippen LogP contribution is -1.90. The zero-order valence-electron chi connectivity index (χ0n) is 18.1. The quantitative estimate of drug-likeness (QED) is 0.138. The van der Waals surface area contributed by atoms with Gasteiger partial charge in [-0.25, -0.2) is 0 Å². The van der Waals surface area contributed by atoms with E-state index in [2.05, 4.69) is 141 Å². The van der Waals surface area contributed by atoms with Crippen LogP contribution in [0.3, 0.4) is 0 Å². The summed E-state index contributed by atoms with van der Waals surface area (Å²) in [6, 6.07) is 39.6. The molecular weight excluding hydrogens is 544 g/mol. The van der Waals surface area contributed by atoms with Gasteiger partial charge in [0, 0.05) is 8.95 Å². The predicted octanol–water partition coefficient (Wildman–Crippen LogP) is 10.6. The van der Waals surface area contributed by atoms with E-state index >= 15 is 0 Å². The number of halogens is 2. The first-order chi connectivity index (χ1) is 16.7. The van der Waals surface area contributed by atoms with Crippen LogP contribution in [-0.4, -0.2) is 0 Å². The Morgan fingerprint density at radius 2 is 0.853 bits per heavy atom. The first kappa shape index (κ1) is 20.2. The molecule has 7 aromatic rings. The summed E-state index contributed by atoms with van der Waals surface area (Å²) in [5.41, 5.74) is 2.56. The van der Waals surface area contributed by atoms with Crippen molar-refractivity contribution in [3.8, 4) is 11.1 Å². The normalized spacial score (nSPS) is 11.8. The van der Waals surface area contributed by atoms with Gasteiger partial charge in [-0.3, -0.25) is 0 Å². The summed E-state index contributed by atoms with van der Waals surface area (Å²) in [4.78, 5) is 0. The van der Waals surface area contributed by atoms with Crippen molar-refractivity contribution >= 4 is 85.7 Å². The molecule has 2 heteroatoms. The maximum atomic E-state index is 3.90. The van der Waals surface area contributed by atoms with Crippen molar-refractivity contribution in [3.63, 3.8) is 0 Å². The fourth-order valence-corrected chi connectivity index (χ4v) is 6.83. The van der Waals surface area contributed by atoms with Crippen LogP contribution in [0.2, 0.25) is 0 Å². The highest BCUT2D eigenvalue weighted by atomic mass is 79.9. The van der Waals surface area contributed by atoms with E-state index in [0.717, 1.165) is 8.95 Å². The van der Waals surface area contributed by atoms with E-state index in [-0.39, 0.29) is 0 Å². The molecule has 0 fully saturated rings. The monoisotopic (exact) mass is 560 g/mol. The zero-order valence-corrected chi connectivity index (χ0v) is 21.3. The number of fused-ring (bicyclic) bond motifs is 6. The van der Waals surface area contributed by atoms with Crippen LogP contribution >= 0.6 is 31.9 Å².